The lowest BCUT2D eigenvalue weighted by molar-refractivity contribution is -0.122. The molecule has 0 saturated heterocycles. The van der Waals surface area contributed by atoms with Gasteiger partial charge in [-0.05, 0) is 48.6 Å². The molecule has 186 valence electrons. The van der Waals surface area contributed by atoms with E-state index >= 15 is 0 Å². The highest BCUT2D eigenvalue weighted by atomic mass is 32.2. The van der Waals surface area contributed by atoms with Crippen LogP contribution in [-0.4, -0.2) is 47.4 Å². The topological polar surface area (TPSA) is 94.2 Å². The number of hydrogen-bond acceptors (Lipinski definition) is 6. The Morgan fingerprint density at radius 2 is 1.76 bits per heavy atom. The molecular formula is C25H34N2O6S. The molecule has 1 amide bonds. The fraction of sp³-hybridized carbons (Fsp3) is 0.480. The number of hydrogen-bond donors (Lipinski definition) is 1. The van der Waals surface area contributed by atoms with E-state index in [1.54, 1.807) is 25.3 Å². The molecule has 1 aliphatic rings. The summed E-state index contributed by atoms with van der Waals surface area (Å²) in [6.45, 7) is 5.29. The highest BCUT2D eigenvalue weighted by Gasteiger charge is 2.22. The van der Waals surface area contributed by atoms with Crippen molar-refractivity contribution in [1.29, 1.82) is 0 Å². The predicted molar refractivity (Wildman–Crippen MR) is 132 cm³/mol. The summed E-state index contributed by atoms with van der Waals surface area (Å²) in [5, 5.41) is 3.11. The van der Waals surface area contributed by atoms with E-state index in [0.717, 1.165) is 24.0 Å². The molecule has 3 rings (SSSR count). The second kappa shape index (κ2) is 11.5. The average Bonchev–Trinajstić information content (AvgIpc) is 2.80. The van der Waals surface area contributed by atoms with Gasteiger partial charge in [0, 0.05) is 19.0 Å². The third-order valence-electron chi connectivity index (χ3n) is 5.54. The van der Waals surface area contributed by atoms with Crippen molar-refractivity contribution in [3.63, 3.8) is 0 Å². The van der Waals surface area contributed by atoms with Crippen molar-refractivity contribution in [2.24, 2.45) is 5.92 Å². The summed E-state index contributed by atoms with van der Waals surface area (Å²) in [4.78, 5) is 12.8. The Bertz CT molecular complexity index is 1070. The van der Waals surface area contributed by atoms with Gasteiger partial charge in [-0.3, -0.25) is 9.10 Å². The summed E-state index contributed by atoms with van der Waals surface area (Å²) < 4.78 is 42.5. The Labute approximate surface area is 202 Å². The van der Waals surface area contributed by atoms with Crippen LogP contribution >= 0.6 is 0 Å². The Morgan fingerprint density at radius 1 is 1.09 bits per heavy atom. The number of carbonyl (C=O) groups excluding carboxylic acids is 1. The minimum Gasteiger partial charge on any atom is -0.497 e. The molecule has 8 nitrogen and oxygen atoms in total. The Morgan fingerprint density at radius 3 is 2.38 bits per heavy atom. The van der Waals surface area contributed by atoms with E-state index in [9.17, 15) is 13.2 Å². The number of amides is 1. The van der Waals surface area contributed by atoms with Crippen molar-refractivity contribution >= 4 is 21.6 Å². The first-order chi connectivity index (χ1) is 16.2. The van der Waals surface area contributed by atoms with Crippen molar-refractivity contribution in [1.82, 2.24) is 5.32 Å². The van der Waals surface area contributed by atoms with Crippen LogP contribution in [0.4, 0.5) is 5.69 Å². The minimum absolute atomic E-state index is 0.114. The quantitative estimate of drug-likeness (QED) is 0.513. The van der Waals surface area contributed by atoms with Crippen LogP contribution in [0.15, 0.2) is 42.5 Å². The van der Waals surface area contributed by atoms with E-state index in [1.165, 1.54) is 4.31 Å². The first kappa shape index (κ1) is 25.7. The second-order valence-corrected chi connectivity index (χ2v) is 10.7. The standard InChI is InChI=1S/C25H34N2O6S/c1-18(2)16-22(19-7-10-21(31-3)11-8-19)26-25(28)6-5-13-27(34(4,29)30)20-9-12-23-24(17-20)33-15-14-32-23/h7-12,17-18,22H,5-6,13-16H2,1-4H3,(H,26,28)/t22-/m0/s1. The van der Waals surface area contributed by atoms with Gasteiger partial charge in [0.2, 0.25) is 15.9 Å². The van der Waals surface area contributed by atoms with Crippen LogP contribution in [0, 0.1) is 5.92 Å². The molecule has 0 spiro atoms. The zero-order chi connectivity index (χ0) is 24.7. The molecule has 0 radical (unpaired) electrons. The van der Waals surface area contributed by atoms with Crippen molar-refractivity contribution in [3.8, 4) is 17.2 Å². The lowest BCUT2D eigenvalue weighted by atomic mass is 9.96. The largest absolute Gasteiger partial charge is 0.497 e. The number of nitrogens with zero attached hydrogens (tertiary/aromatic N) is 1. The molecule has 2 aromatic rings. The van der Waals surface area contributed by atoms with Gasteiger partial charge >= 0.3 is 0 Å². The molecule has 0 fully saturated rings. The van der Waals surface area contributed by atoms with Crippen molar-refractivity contribution in [2.45, 2.75) is 39.2 Å². The molecule has 9 heteroatoms. The highest BCUT2D eigenvalue weighted by Crippen LogP contribution is 2.34. The molecular weight excluding hydrogens is 456 g/mol. The molecule has 1 heterocycles. The number of fused-ring (bicyclic) bond motifs is 1. The molecule has 1 atom stereocenters. The second-order valence-electron chi connectivity index (χ2n) is 8.79. The summed E-state index contributed by atoms with van der Waals surface area (Å²) in [7, 11) is -1.92. The maximum atomic E-state index is 12.8. The molecule has 0 aromatic heterocycles. The zero-order valence-corrected chi connectivity index (χ0v) is 21.1. The van der Waals surface area contributed by atoms with E-state index < -0.39 is 10.0 Å². The number of nitrogens with one attached hydrogen (secondary N) is 1. The average molecular weight is 491 g/mol. The van der Waals surface area contributed by atoms with Crippen LogP contribution in [0.5, 0.6) is 17.2 Å². The van der Waals surface area contributed by atoms with Crippen molar-refractivity contribution in [2.75, 3.05) is 37.4 Å². The van der Waals surface area contributed by atoms with E-state index in [4.69, 9.17) is 14.2 Å². The molecule has 0 saturated carbocycles. The van der Waals surface area contributed by atoms with Crippen LogP contribution in [0.25, 0.3) is 0 Å². The Hall–Kier alpha value is -2.94. The lowest BCUT2D eigenvalue weighted by Gasteiger charge is -2.25. The van der Waals surface area contributed by atoms with Crippen molar-refractivity contribution < 1.29 is 27.4 Å². The fourth-order valence-electron chi connectivity index (χ4n) is 3.91. The monoisotopic (exact) mass is 490 g/mol. The highest BCUT2D eigenvalue weighted by molar-refractivity contribution is 7.92. The van der Waals surface area contributed by atoms with Crippen LogP contribution in [0.1, 0.15) is 44.7 Å². The molecule has 1 N–H and O–H groups in total. The maximum Gasteiger partial charge on any atom is 0.232 e. The maximum absolute atomic E-state index is 12.8. The van der Waals surface area contributed by atoms with Gasteiger partial charge in [0.1, 0.15) is 19.0 Å². The zero-order valence-electron chi connectivity index (χ0n) is 20.2. The van der Waals surface area contributed by atoms with E-state index in [0.29, 0.717) is 42.7 Å². The summed E-state index contributed by atoms with van der Waals surface area (Å²) in [6, 6.07) is 12.6. The van der Waals surface area contributed by atoms with Crippen molar-refractivity contribution in [3.05, 3.63) is 48.0 Å². The third kappa shape index (κ3) is 7.03. The summed E-state index contributed by atoms with van der Waals surface area (Å²) in [5.74, 6) is 2.16. The van der Waals surface area contributed by atoms with Gasteiger partial charge in [-0.1, -0.05) is 26.0 Å². The molecule has 0 aliphatic carbocycles. The van der Waals surface area contributed by atoms with Crippen LogP contribution < -0.4 is 23.8 Å². The van der Waals surface area contributed by atoms with E-state index in [1.807, 2.05) is 24.3 Å². The van der Waals surface area contributed by atoms with Gasteiger partial charge in [0.05, 0.1) is 25.1 Å². The normalized spacial score (nSPS) is 13.9. The Balaban J connectivity index is 1.63. The number of methoxy groups -OCH3 is 1. The number of rotatable bonds is 11. The number of carbonyl (C=O) groups is 1. The lowest BCUT2D eigenvalue weighted by Crippen LogP contribution is -2.33. The number of ether oxygens (including phenoxy) is 3. The first-order valence-electron chi connectivity index (χ1n) is 11.5. The minimum atomic E-state index is -3.54. The molecule has 34 heavy (non-hydrogen) atoms. The number of sulfonamides is 1. The van der Waals surface area contributed by atoms with Crippen LogP contribution in [-0.2, 0) is 14.8 Å². The van der Waals surface area contributed by atoms with Gasteiger partial charge < -0.3 is 19.5 Å². The molecule has 1 aliphatic heterocycles. The first-order valence-corrected chi connectivity index (χ1v) is 13.3. The molecule has 2 aromatic carbocycles. The smallest absolute Gasteiger partial charge is 0.232 e. The van der Waals surface area contributed by atoms with Crippen LogP contribution in [0.3, 0.4) is 0 Å². The summed E-state index contributed by atoms with van der Waals surface area (Å²) in [6.07, 6.45) is 2.54. The number of anilines is 1. The fourth-order valence-corrected chi connectivity index (χ4v) is 4.87. The van der Waals surface area contributed by atoms with Crippen LogP contribution in [0.2, 0.25) is 0 Å². The number of benzene rings is 2. The summed E-state index contributed by atoms with van der Waals surface area (Å²) in [5.41, 5.74) is 1.50. The molecule has 0 unspecified atom stereocenters. The Kier molecular flexibility index (Phi) is 8.66. The van der Waals surface area contributed by atoms with Gasteiger partial charge in [0.25, 0.3) is 0 Å². The summed E-state index contributed by atoms with van der Waals surface area (Å²) >= 11 is 0. The third-order valence-corrected chi connectivity index (χ3v) is 6.73. The van der Waals surface area contributed by atoms with Gasteiger partial charge in [-0.15, -0.1) is 0 Å². The van der Waals surface area contributed by atoms with E-state index in [2.05, 4.69) is 19.2 Å². The molecule has 0 bridgehead atoms. The SMILES string of the molecule is COc1ccc([C@H](CC(C)C)NC(=O)CCCN(c2ccc3c(c2)OCCO3)S(C)(=O)=O)cc1. The van der Waals surface area contributed by atoms with E-state index in [-0.39, 0.29) is 24.9 Å². The van der Waals surface area contributed by atoms with Gasteiger partial charge in [-0.2, -0.15) is 0 Å². The van der Waals surface area contributed by atoms with Gasteiger partial charge in [-0.25, -0.2) is 8.42 Å². The van der Waals surface area contributed by atoms with Gasteiger partial charge in [0.15, 0.2) is 11.5 Å². The predicted octanol–water partition coefficient (Wildman–Crippen LogP) is 3.92.